The molecule has 3 atom stereocenters. The molecule has 178 valence electrons. The van der Waals surface area contributed by atoms with Gasteiger partial charge in [0.15, 0.2) is 0 Å². The zero-order valence-corrected chi connectivity index (χ0v) is 18.4. The molecule has 0 heterocycles. The van der Waals surface area contributed by atoms with Crippen LogP contribution in [0.1, 0.15) is 52.9 Å². The van der Waals surface area contributed by atoms with Gasteiger partial charge in [0.05, 0.1) is 0 Å². The number of rotatable bonds is 15. The maximum absolute atomic E-state index is 12.7. The summed E-state index contributed by atoms with van der Waals surface area (Å²) in [5.74, 6) is -3.13. The van der Waals surface area contributed by atoms with Crippen molar-refractivity contribution in [1.82, 2.24) is 21.3 Å². The number of primary amides is 1. The lowest BCUT2D eigenvalue weighted by molar-refractivity contribution is -0.142. The first kappa shape index (κ1) is 28.1. The van der Waals surface area contributed by atoms with E-state index in [1.54, 1.807) is 13.8 Å². The topological polar surface area (TPSA) is 206 Å². The quantitative estimate of drug-likeness (QED) is 0.153. The number of nitrogens with one attached hydrogen (secondary N) is 4. The highest BCUT2D eigenvalue weighted by molar-refractivity contribution is 5.93. The Morgan fingerprint density at radius 2 is 1.48 bits per heavy atom. The van der Waals surface area contributed by atoms with Crippen LogP contribution in [-0.2, 0) is 19.2 Å². The number of hydrogen-bond acceptors (Lipinski definition) is 6. The number of carbonyl (C=O) groups excluding carboxylic acids is 4. The zero-order chi connectivity index (χ0) is 24.0. The number of carbonyl (C=O) groups is 5. The van der Waals surface area contributed by atoms with E-state index in [0.717, 1.165) is 0 Å². The summed E-state index contributed by atoms with van der Waals surface area (Å²) in [6, 6.07) is -3.74. The number of unbranched alkanes of at least 4 members (excludes halogenated alkanes) is 1. The molecular weight excluding hydrogens is 408 g/mol. The molecule has 0 fully saturated rings. The van der Waals surface area contributed by atoms with Crippen molar-refractivity contribution in [1.29, 1.82) is 0 Å². The van der Waals surface area contributed by atoms with Gasteiger partial charge in [-0.05, 0) is 44.6 Å². The van der Waals surface area contributed by atoms with E-state index in [1.807, 2.05) is 0 Å². The van der Waals surface area contributed by atoms with Crippen LogP contribution in [0.3, 0.4) is 0 Å². The van der Waals surface area contributed by atoms with Gasteiger partial charge in [0.2, 0.25) is 17.7 Å². The van der Waals surface area contributed by atoms with Gasteiger partial charge in [0.25, 0.3) is 0 Å². The number of nitrogens with two attached hydrogens (primary N) is 2. The van der Waals surface area contributed by atoms with E-state index in [4.69, 9.17) is 11.5 Å². The third-order valence-electron chi connectivity index (χ3n) is 4.47. The van der Waals surface area contributed by atoms with E-state index >= 15 is 0 Å². The molecule has 0 aliphatic heterocycles. The minimum Gasteiger partial charge on any atom is -0.480 e. The van der Waals surface area contributed by atoms with Crippen LogP contribution >= 0.6 is 0 Å². The molecule has 0 aliphatic carbocycles. The molecule has 0 saturated carbocycles. The van der Waals surface area contributed by atoms with E-state index in [2.05, 4.69) is 21.3 Å². The monoisotopic (exact) mass is 444 g/mol. The Hall–Kier alpha value is -2.89. The van der Waals surface area contributed by atoms with Crippen molar-refractivity contribution in [3.8, 4) is 0 Å². The van der Waals surface area contributed by atoms with E-state index in [-0.39, 0.29) is 31.2 Å². The summed E-state index contributed by atoms with van der Waals surface area (Å²) in [5, 5.41) is 19.3. The first-order valence-corrected chi connectivity index (χ1v) is 10.3. The third kappa shape index (κ3) is 12.4. The fraction of sp³-hybridized carbons (Fsp3) is 0.737. The second-order valence-corrected chi connectivity index (χ2v) is 7.60. The van der Waals surface area contributed by atoms with Crippen molar-refractivity contribution < 1.29 is 29.1 Å². The first-order valence-electron chi connectivity index (χ1n) is 10.3. The van der Waals surface area contributed by atoms with Gasteiger partial charge in [0.1, 0.15) is 18.1 Å². The summed E-state index contributed by atoms with van der Waals surface area (Å²) in [6.45, 7) is 5.33. The molecule has 5 amide bonds. The molecule has 0 aromatic heterocycles. The summed E-state index contributed by atoms with van der Waals surface area (Å²) in [5.41, 5.74) is 10.4. The molecular formula is C19H36N6O6. The molecule has 0 aromatic rings. The SMILES string of the molecule is CC(=O)N[C@@H](CCCCN)C(=O)N[C@H](C(=O)N[C@@H](CCCNC(N)=O)C(=O)O)C(C)C. The number of carboxylic acid groups (broad SMARTS) is 1. The summed E-state index contributed by atoms with van der Waals surface area (Å²) < 4.78 is 0. The second-order valence-electron chi connectivity index (χ2n) is 7.60. The van der Waals surface area contributed by atoms with Crippen molar-refractivity contribution in [3.63, 3.8) is 0 Å². The minimum atomic E-state index is -1.24. The van der Waals surface area contributed by atoms with Crippen LogP contribution in [0.4, 0.5) is 4.79 Å². The number of urea groups is 1. The lowest BCUT2D eigenvalue weighted by atomic mass is 10.0. The molecule has 0 spiro atoms. The summed E-state index contributed by atoms with van der Waals surface area (Å²) in [7, 11) is 0. The molecule has 9 N–H and O–H groups in total. The van der Waals surface area contributed by atoms with Crippen LogP contribution in [0.2, 0.25) is 0 Å². The van der Waals surface area contributed by atoms with Crippen LogP contribution in [0.15, 0.2) is 0 Å². The van der Waals surface area contributed by atoms with E-state index in [0.29, 0.717) is 25.8 Å². The highest BCUT2D eigenvalue weighted by Crippen LogP contribution is 2.07. The van der Waals surface area contributed by atoms with Gasteiger partial charge in [-0.1, -0.05) is 13.8 Å². The Kier molecular flexibility index (Phi) is 13.6. The van der Waals surface area contributed by atoms with Gasteiger partial charge >= 0.3 is 12.0 Å². The van der Waals surface area contributed by atoms with Crippen LogP contribution in [0.25, 0.3) is 0 Å². The van der Waals surface area contributed by atoms with E-state index in [1.165, 1.54) is 6.92 Å². The molecule has 12 heteroatoms. The second kappa shape index (κ2) is 15.0. The van der Waals surface area contributed by atoms with Gasteiger partial charge in [0, 0.05) is 13.5 Å². The lowest BCUT2D eigenvalue weighted by Crippen LogP contribution is -2.57. The molecule has 0 radical (unpaired) electrons. The number of hydrogen-bond donors (Lipinski definition) is 7. The smallest absolute Gasteiger partial charge is 0.326 e. The molecule has 0 rings (SSSR count). The van der Waals surface area contributed by atoms with Gasteiger partial charge in [-0.3, -0.25) is 14.4 Å². The lowest BCUT2D eigenvalue weighted by Gasteiger charge is -2.26. The average molecular weight is 445 g/mol. The fourth-order valence-corrected chi connectivity index (χ4v) is 2.83. The van der Waals surface area contributed by atoms with Crippen molar-refractivity contribution in [2.75, 3.05) is 13.1 Å². The predicted octanol–water partition coefficient (Wildman–Crippen LogP) is -1.22. The van der Waals surface area contributed by atoms with Gasteiger partial charge < -0.3 is 37.8 Å². The summed E-state index contributed by atoms with van der Waals surface area (Å²) >= 11 is 0. The van der Waals surface area contributed by atoms with Gasteiger partial charge in [-0.15, -0.1) is 0 Å². The Balaban J connectivity index is 5.08. The van der Waals surface area contributed by atoms with Crippen molar-refractivity contribution >= 4 is 29.7 Å². The van der Waals surface area contributed by atoms with Crippen LogP contribution < -0.4 is 32.7 Å². The molecule has 31 heavy (non-hydrogen) atoms. The Morgan fingerprint density at radius 3 is 1.97 bits per heavy atom. The minimum absolute atomic E-state index is 0.0632. The normalized spacial score (nSPS) is 13.6. The first-order chi connectivity index (χ1) is 14.5. The Morgan fingerprint density at radius 1 is 0.871 bits per heavy atom. The molecule has 0 aliphatic rings. The van der Waals surface area contributed by atoms with Crippen LogP contribution in [0, 0.1) is 5.92 Å². The highest BCUT2D eigenvalue weighted by atomic mass is 16.4. The van der Waals surface area contributed by atoms with Gasteiger partial charge in [-0.25, -0.2) is 9.59 Å². The maximum atomic E-state index is 12.7. The predicted molar refractivity (Wildman–Crippen MR) is 114 cm³/mol. The fourth-order valence-electron chi connectivity index (χ4n) is 2.83. The van der Waals surface area contributed by atoms with E-state index in [9.17, 15) is 29.1 Å². The molecule has 0 aromatic carbocycles. The standard InChI is InChI=1S/C19H36N6O6/c1-11(2)15(25-16(27)13(23-12(3)26)7-4-5-9-20)17(28)24-14(18(29)30)8-6-10-22-19(21)31/h11,13-15H,4-10,20H2,1-3H3,(H,23,26)(H,24,28)(H,25,27)(H,29,30)(H3,21,22,31)/t13-,14-,15-/m0/s1. The van der Waals surface area contributed by atoms with Gasteiger partial charge in [-0.2, -0.15) is 0 Å². The number of amides is 5. The third-order valence-corrected chi connectivity index (χ3v) is 4.47. The highest BCUT2D eigenvalue weighted by Gasteiger charge is 2.30. The Labute approximate surface area is 182 Å². The number of carboxylic acids is 1. The van der Waals surface area contributed by atoms with Crippen LogP contribution in [-0.4, -0.2) is 66.0 Å². The molecule has 0 unspecified atom stereocenters. The Bertz CT molecular complexity index is 627. The van der Waals surface area contributed by atoms with Crippen molar-refractivity contribution in [2.45, 2.75) is 71.0 Å². The molecule has 0 bridgehead atoms. The summed E-state index contributed by atoms with van der Waals surface area (Å²) in [4.78, 5) is 59.0. The maximum Gasteiger partial charge on any atom is 0.326 e. The van der Waals surface area contributed by atoms with E-state index < -0.39 is 41.9 Å². The number of aliphatic carboxylic acids is 1. The largest absolute Gasteiger partial charge is 0.480 e. The average Bonchev–Trinajstić information content (AvgIpc) is 2.66. The van der Waals surface area contributed by atoms with Crippen molar-refractivity contribution in [3.05, 3.63) is 0 Å². The summed E-state index contributed by atoms with van der Waals surface area (Å²) in [6.07, 6.45) is 2.01. The molecule has 0 saturated heterocycles. The zero-order valence-electron chi connectivity index (χ0n) is 18.4. The van der Waals surface area contributed by atoms with Crippen molar-refractivity contribution in [2.24, 2.45) is 17.4 Å². The molecule has 12 nitrogen and oxygen atoms in total. The van der Waals surface area contributed by atoms with Crippen LogP contribution in [0.5, 0.6) is 0 Å².